The van der Waals surface area contributed by atoms with Gasteiger partial charge in [-0.05, 0) is 24.6 Å². The van der Waals surface area contributed by atoms with E-state index in [0.29, 0.717) is 17.6 Å². The molecule has 1 heterocycles. The Morgan fingerprint density at radius 3 is 2.44 bits per heavy atom. The van der Waals surface area contributed by atoms with Crippen LogP contribution in [0.25, 0.3) is 5.69 Å². The van der Waals surface area contributed by atoms with Crippen LogP contribution in [0.4, 0.5) is 0 Å². The molecule has 6 nitrogen and oxygen atoms in total. The van der Waals surface area contributed by atoms with Crippen molar-refractivity contribution >= 4 is 17.7 Å². The molecule has 1 atom stereocenters. The molecule has 140 valence electrons. The van der Waals surface area contributed by atoms with E-state index in [1.54, 1.807) is 7.11 Å². The fourth-order valence-corrected chi connectivity index (χ4v) is 3.47. The highest BCUT2D eigenvalue weighted by Gasteiger charge is 2.16. The molecule has 7 heteroatoms. The summed E-state index contributed by atoms with van der Waals surface area (Å²) < 4.78 is 7.14. The minimum atomic E-state index is -0.0488. The standard InChI is InChI=1S/C20H22N4O2S/c1-15(16-9-5-3-6-10-16)21-19(25)14-27-20-23-22-18(13-26-2)24(20)17-11-7-4-8-12-17/h3-12,15H,13-14H2,1-2H3,(H,21,25)/t15-/m1/s1. The highest BCUT2D eigenvalue weighted by atomic mass is 32.2. The number of para-hydroxylation sites is 1. The van der Waals surface area contributed by atoms with Crippen molar-refractivity contribution in [3.8, 4) is 5.69 Å². The molecule has 0 aliphatic heterocycles. The lowest BCUT2D eigenvalue weighted by Gasteiger charge is -2.14. The number of hydrogen-bond donors (Lipinski definition) is 1. The van der Waals surface area contributed by atoms with Gasteiger partial charge in [0.2, 0.25) is 5.91 Å². The zero-order valence-corrected chi connectivity index (χ0v) is 16.1. The molecule has 0 aliphatic rings. The lowest BCUT2D eigenvalue weighted by Crippen LogP contribution is -2.28. The van der Waals surface area contributed by atoms with Gasteiger partial charge in [-0.3, -0.25) is 9.36 Å². The summed E-state index contributed by atoms with van der Waals surface area (Å²) >= 11 is 1.36. The van der Waals surface area contributed by atoms with Gasteiger partial charge in [0, 0.05) is 12.8 Å². The number of benzene rings is 2. The van der Waals surface area contributed by atoms with Crippen LogP contribution in [0, 0.1) is 0 Å². The molecule has 0 spiro atoms. The normalized spacial score (nSPS) is 11.9. The van der Waals surface area contributed by atoms with E-state index >= 15 is 0 Å². The van der Waals surface area contributed by atoms with Gasteiger partial charge in [-0.2, -0.15) is 0 Å². The van der Waals surface area contributed by atoms with Gasteiger partial charge in [-0.15, -0.1) is 10.2 Å². The molecular formula is C20H22N4O2S. The fourth-order valence-electron chi connectivity index (χ4n) is 2.69. The summed E-state index contributed by atoms with van der Waals surface area (Å²) in [7, 11) is 1.62. The number of carbonyl (C=O) groups is 1. The molecule has 2 aromatic carbocycles. The van der Waals surface area contributed by atoms with Crippen molar-refractivity contribution in [3.63, 3.8) is 0 Å². The summed E-state index contributed by atoms with van der Waals surface area (Å²) in [5, 5.41) is 12.1. The second kappa shape index (κ2) is 9.34. The highest BCUT2D eigenvalue weighted by molar-refractivity contribution is 7.99. The van der Waals surface area contributed by atoms with Crippen molar-refractivity contribution < 1.29 is 9.53 Å². The molecule has 27 heavy (non-hydrogen) atoms. The molecule has 3 rings (SSSR count). The van der Waals surface area contributed by atoms with Crippen LogP contribution in [-0.2, 0) is 16.1 Å². The third kappa shape index (κ3) is 4.96. The van der Waals surface area contributed by atoms with Crippen LogP contribution in [0.1, 0.15) is 24.4 Å². The number of aromatic nitrogens is 3. The molecule has 0 aliphatic carbocycles. The van der Waals surface area contributed by atoms with Gasteiger partial charge < -0.3 is 10.1 Å². The van der Waals surface area contributed by atoms with Crippen molar-refractivity contribution in [3.05, 3.63) is 72.1 Å². The van der Waals surface area contributed by atoms with Crippen LogP contribution < -0.4 is 5.32 Å². The lowest BCUT2D eigenvalue weighted by molar-refractivity contribution is -0.119. The van der Waals surface area contributed by atoms with Crippen LogP contribution in [0.5, 0.6) is 0 Å². The van der Waals surface area contributed by atoms with Gasteiger partial charge in [0.1, 0.15) is 6.61 Å². The number of amides is 1. The molecule has 1 N–H and O–H groups in total. The molecule has 0 saturated heterocycles. The third-order valence-corrected chi connectivity index (χ3v) is 4.93. The Labute approximate surface area is 163 Å². The predicted molar refractivity (Wildman–Crippen MR) is 106 cm³/mol. The summed E-state index contributed by atoms with van der Waals surface area (Å²) in [6.45, 7) is 2.32. The third-order valence-electron chi connectivity index (χ3n) is 4.00. The number of hydrogen-bond acceptors (Lipinski definition) is 5. The van der Waals surface area contributed by atoms with Gasteiger partial charge in [0.25, 0.3) is 0 Å². The van der Waals surface area contributed by atoms with Crippen molar-refractivity contribution in [2.75, 3.05) is 12.9 Å². The summed E-state index contributed by atoms with van der Waals surface area (Å²) in [6.07, 6.45) is 0. The second-order valence-corrected chi connectivity index (χ2v) is 6.93. The topological polar surface area (TPSA) is 69.0 Å². The number of ether oxygens (including phenoxy) is 1. The number of carbonyl (C=O) groups excluding carboxylic acids is 1. The van der Waals surface area contributed by atoms with Crippen molar-refractivity contribution in [1.29, 1.82) is 0 Å². The second-order valence-electron chi connectivity index (χ2n) is 5.99. The number of rotatable bonds is 8. The van der Waals surface area contributed by atoms with Crippen LogP contribution >= 0.6 is 11.8 Å². The maximum Gasteiger partial charge on any atom is 0.230 e. The van der Waals surface area contributed by atoms with Crippen molar-refractivity contribution in [1.82, 2.24) is 20.1 Å². The molecule has 1 amide bonds. The molecule has 0 bridgehead atoms. The molecule has 3 aromatic rings. The van der Waals surface area contributed by atoms with Crippen LogP contribution in [0.2, 0.25) is 0 Å². The van der Waals surface area contributed by atoms with Gasteiger partial charge in [0.15, 0.2) is 11.0 Å². The number of methoxy groups -OCH3 is 1. The molecule has 0 saturated carbocycles. The molecule has 0 fully saturated rings. The zero-order chi connectivity index (χ0) is 19.1. The Balaban J connectivity index is 1.68. The SMILES string of the molecule is COCc1nnc(SCC(=O)N[C@H](C)c2ccccc2)n1-c1ccccc1. The van der Waals surface area contributed by atoms with E-state index in [-0.39, 0.29) is 17.7 Å². The van der Waals surface area contributed by atoms with Crippen LogP contribution in [0.3, 0.4) is 0 Å². The average molecular weight is 382 g/mol. The Kier molecular flexibility index (Phi) is 6.62. The summed E-state index contributed by atoms with van der Waals surface area (Å²) in [5.41, 5.74) is 2.01. The predicted octanol–water partition coefficient (Wildman–Crippen LogP) is 3.38. The molecule has 1 aromatic heterocycles. The van der Waals surface area contributed by atoms with Gasteiger partial charge in [-0.1, -0.05) is 60.3 Å². The van der Waals surface area contributed by atoms with E-state index in [9.17, 15) is 4.79 Å². The number of nitrogens with zero attached hydrogens (tertiary/aromatic N) is 3. The fraction of sp³-hybridized carbons (Fsp3) is 0.250. The van der Waals surface area contributed by atoms with E-state index in [1.807, 2.05) is 72.2 Å². The zero-order valence-electron chi connectivity index (χ0n) is 15.3. The first kappa shape index (κ1) is 19.1. The summed E-state index contributed by atoms with van der Waals surface area (Å²) in [4.78, 5) is 12.4. The summed E-state index contributed by atoms with van der Waals surface area (Å²) in [5.74, 6) is 0.909. The Morgan fingerprint density at radius 1 is 1.11 bits per heavy atom. The molecule has 0 radical (unpaired) electrons. The largest absolute Gasteiger partial charge is 0.377 e. The maximum absolute atomic E-state index is 12.4. The van der Waals surface area contributed by atoms with E-state index in [4.69, 9.17) is 4.74 Å². The minimum absolute atomic E-state index is 0.0460. The monoisotopic (exact) mass is 382 g/mol. The Bertz CT molecular complexity index is 868. The van der Waals surface area contributed by atoms with Gasteiger partial charge in [0.05, 0.1) is 11.8 Å². The number of nitrogens with one attached hydrogen (secondary N) is 1. The molecular weight excluding hydrogens is 360 g/mol. The van der Waals surface area contributed by atoms with Crippen molar-refractivity contribution in [2.24, 2.45) is 0 Å². The average Bonchev–Trinajstić information content (AvgIpc) is 3.10. The summed E-state index contributed by atoms with van der Waals surface area (Å²) in [6, 6.07) is 19.7. The van der Waals surface area contributed by atoms with E-state index < -0.39 is 0 Å². The van der Waals surface area contributed by atoms with Gasteiger partial charge in [-0.25, -0.2) is 0 Å². The molecule has 0 unspecified atom stereocenters. The van der Waals surface area contributed by atoms with Crippen molar-refractivity contribution in [2.45, 2.75) is 24.7 Å². The first-order valence-corrected chi connectivity index (χ1v) is 9.63. The quantitative estimate of drug-likeness (QED) is 0.605. The van der Waals surface area contributed by atoms with Gasteiger partial charge >= 0.3 is 0 Å². The Hall–Kier alpha value is -2.64. The van der Waals surface area contributed by atoms with E-state index in [2.05, 4.69) is 15.5 Å². The minimum Gasteiger partial charge on any atom is -0.377 e. The highest BCUT2D eigenvalue weighted by Crippen LogP contribution is 2.22. The van der Waals surface area contributed by atoms with E-state index in [0.717, 1.165) is 11.3 Å². The first-order chi connectivity index (χ1) is 13.2. The Morgan fingerprint density at radius 2 is 1.78 bits per heavy atom. The smallest absolute Gasteiger partial charge is 0.230 e. The van der Waals surface area contributed by atoms with E-state index in [1.165, 1.54) is 11.8 Å². The first-order valence-electron chi connectivity index (χ1n) is 8.65. The lowest BCUT2D eigenvalue weighted by atomic mass is 10.1. The number of thioether (sulfide) groups is 1. The van der Waals surface area contributed by atoms with Crippen LogP contribution in [0.15, 0.2) is 65.8 Å². The van der Waals surface area contributed by atoms with Crippen LogP contribution in [-0.4, -0.2) is 33.5 Å². The maximum atomic E-state index is 12.4.